The largest absolute Gasteiger partial charge is 0.490 e. The van der Waals surface area contributed by atoms with Gasteiger partial charge in [0.1, 0.15) is 4.32 Å². The summed E-state index contributed by atoms with van der Waals surface area (Å²) in [6.07, 6.45) is 1.65. The van der Waals surface area contributed by atoms with Gasteiger partial charge in [0.25, 0.3) is 11.6 Å². The van der Waals surface area contributed by atoms with Crippen LogP contribution in [0.2, 0.25) is 0 Å². The second-order valence-electron chi connectivity index (χ2n) is 5.69. The van der Waals surface area contributed by atoms with Crippen molar-refractivity contribution in [2.45, 2.75) is 6.92 Å². The Morgan fingerprint density at radius 1 is 1.28 bits per heavy atom. The number of amides is 1. The Morgan fingerprint density at radius 3 is 2.72 bits per heavy atom. The number of carbonyl (C=O) groups excluding carboxylic acids is 2. The first-order valence-corrected chi connectivity index (χ1v) is 9.58. The van der Waals surface area contributed by atoms with Crippen LogP contribution in [-0.4, -0.2) is 27.7 Å². The summed E-state index contributed by atoms with van der Waals surface area (Å²) in [5.74, 6) is -0.577. The van der Waals surface area contributed by atoms with Crippen molar-refractivity contribution in [3.05, 3.63) is 68.6 Å². The van der Waals surface area contributed by atoms with E-state index in [-0.39, 0.29) is 22.9 Å². The zero-order valence-corrected chi connectivity index (χ0v) is 16.7. The molecule has 0 atom stereocenters. The second kappa shape index (κ2) is 8.84. The van der Waals surface area contributed by atoms with Crippen molar-refractivity contribution in [1.29, 1.82) is 0 Å². The molecule has 0 aromatic heterocycles. The molecule has 1 aliphatic heterocycles. The number of carbonyl (C=O) groups is 2. The van der Waals surface area contributed by atoms with Gasteiger partial charge in [-0.25, -0.2) is 4.79 Å². The van der Waals surface area contributed by atoms with Gasteiger partial charge in [-0.05, 0) is 36.8 Å². The van der Waals surface area contributed by atoms with Crippen molar-refractivity contribution >= 4 is 51.9 Å². The third kappa shape index (κ3) is 4.98. The van der Waals surface area contributed by atoms with E-state index in [9.17, 15) is 19.7 Å². The number of esters is 1. The van der Waals surface area contributed by atoms with E-state index in [4.69, 9.17) is 21.7 Å². The first kappa shape index (κ1) is 20.5. The lowest BCUT2D eigenvalue weighted by molar-refractivity contribution is -0.384. The average Bonchev–Trinajstić information content (AvgIpc) is 3.00. The summed E-state index contributed by atoms with van der Waals surface area (Å²) < 4.78 is 11.3. The number of nitro benzene ring substituents is 1. The molecule has 10 heteroatoms. The predicted octanol–water partition coefficient (Wildman–Crippen LogP) is 3.70. The van der Waals surface area contributed by atoms with E-state index >= 15 is 0 Å². The third-order valence-corrected chi connectivity index (χ3v) is 4.87. The molecule has 1 fully saturated rings. The first-order chi connectivity index (χ1) is 13.9. The molecule has 2 aromatic carbocycles. The van der Waals surface area contributed by atoms with Gasteiger partial charge in [0, 0.05) is 12.1 Å². The van der Waals surface area contributed by atoms with Gasteiger partial charge in [0.05, 0.1) is 22.0 Å². The molecule has 1 amide bonds. The van der Waals surface area contributed by atoms with Gasteiger partial charge in [0.2, 0.25) is 0 Å². The lowest BCUT2D eigenvalue weighted by atomic mass is 10.1. The highest BCUT2D eigenvalue weighted by Gasteiger charge is 2.22. The molecule has 1 aliphatic rings. The van der Waals surface area contributed by atoms with E-state index in [0.717, 1.165) is 17.8 Å². The summed E-state index contributed by atoms with van der Waals surface area (Å²) in [6.45, 7) is 2.09. The highest BCUT2D eigenvalue weighted by molar-refractivity contribution is 8.26. The Labute approximate surface area is 175 Å². The van der Waals surface area contributed by atoms with Crippen molar-refractivity contribution in [2.75, 3.05) is 6.61 Å². The van der Waals surface area contributed by atoms with Gasteiger partial charge in [-0.3, -0.25) is 14.9 Å². The summed E-state index contributed by atoms with van der Waals surface area (Å²) in [7, 11) is 0. The van der Waals surface area contributed by atoms with Crippen LogP contribution in [0, 0.1) is 10.1 Å². The fourth-order valence-electron chi connectivity index (χ4n) is 2.44. The molecule has 0 bridgehead atoms. The van der Waals surface area contributed by atoms with Gasteiger partial charge in [-0.15, -0.1) is 0 Å². The second-order valence-corrected chi connectivity index (χ2v) is 7.41. The van der Waals surface area contributed by atoms with Crippen LogP contribution >= 0.6 is 24.0 Å². The normalized spacial score (nSPS) is 14.6. The van der Waals surface area contributed by atoms with Crippen LogP contribution in [0.1, 0.15) is 22.8 Å². The van der Waals surface area contributed by atoms with Gasteiger partial charge in [0.15, 0.2) is 11.5 Å². The number of hydrogen-bond donors (Lipinski definition) is 1. The summed E-state index contributed by atoms with van der Waals surface area (Å²) in [6, 6.07) is 10.1. The summed E-state index contributed by atoms with van der Waals surface area (Å²) in [5.41, 5.74) is 0.489. The van der Waals surface area contributed by atoms with E-state index in [1.165, 1.54) is 24.3 Å². The minimum atomic E-state index is -0.753. The molecule has 148 valence electrons. The molecular weight excluding hydrogens is 416 g/mol. The summed E-state index contributed by atoms with van der Waals surface area (Å²) in [4.78, 5) is 35.0. The minimum Gasteiger partial charge on any atom is -0.490 e. The molecule has 0 saturated carbocycles. The Kier molecular flexibility index (Phi) is 6.25. The number of rotatable bonds is 6. The van der Waals surface area contributed by atoms with Crippen molar-refractivity contribution in [3.63, 3.8) is 0 Å². The van der Waals surface area contributed by atoms with Crippen LogP contribution in [0.3, 0.4) is 0 Å². The SMILES string of the molecule is CCOc1cc(/C=C2/SC(=S)NC2=O)ccc1OC(=O)c1cccc([N+](=O)[O-])c1. The molecule has 2 aromatic rings. The quantitative estimate of drug-likeness (QED) is 0.185. The molecule has 0 spiro atoms. The van der Waals surface area contributed by atoms with E-state index < -0.39 is 10.9 Å². The van der Waals surface area contributed by atoms with Crippen LogP contribution < -0.4 is 14.8 Å². The standard InChI is InChI=1S/C19H14N2O6S2/c1-2-26-15-8-11(9-16-17(22)20-19(28)29-16)6-7-14(15)27-18(23)12-4-3-5-13(10-12)21(24)25/h3-10H,2H2,1H3,(H,20,22,28)/b16-9+. The molecule has 1 saturated heterocycles. The van der Waals surface area contributed by atoms with Gasteiger partial charge >= 0.3 is 5.97 Å². The number of ether oxygens (including phenoxy) is 2. The third-order valence-electron chi connectivity index (χ3n) is 3.70. The van der Waals surface area contributed by atoms with Gasteiger partial charge < -0.3 is 14.8 Å². The fourth-order valence-corrected chi connectivity index (χ4v) is 3.49. The predicted molar refractivity (Wildman–Crippen MR) is 112 cm³/mol. The van der Waals surface area contributed by atoms with Crippen LogP contribution in [0.4, 0.5) is 5.69 Å². The topological polar surface area (TPSA) is 108 Å². The first-order valence-electron chi connectivity index (χ1n) is 8.35. The van der Waals surface area contributed by atoms with E-state index in [1.54, 1.807) is 25.1 Å². The van der Waals surface area contributed by atoms with Crippen molar-refractivity contribution in [2.24, 2.45) is 0 Å². The maximum atomic E-state index is 12.4. The number of nitro groups is 1. The number of hydrogen-bond acceptors (Lipinski definition) is 8. The van der Waals surface area contributed by atoms with Crippen molar-refractivity contribution in [1.82, 2.24) is 5.32 Å². The monoisotopic (exact) mass is 430 g/mol. The van der Waals surface area contributed by atoms with E-state index in [1.807, 2.05) is 0 Å². The summed E-state index contributed by atoms with van der Waals surface area (Å²) >= 11 is 6.12. The molecule has 8 nitrogen and oxygen atoms in total. The highest BCUT2D eigenvalue weighted by atomic mass is 32.2. The van der Waals surface area contributed by atoms with E-state index in [2.05, 4.69) is 5.32 Å². The molecule has 1 heterocycles. The Bertz CT molecular complexity index is 1050. The summed E-state index contributed by atoms with van der Waals surface area (Å²) in [5, 5.41) is 13.4. The van der Waals surface area contributed by atoms with Gasteiger partial charge in [-0.2, -0.15) is 0 Å². The Morgan fingerprint density at radius 2 is 2.07 bits per heavy atom. The van der Waals surface area contributed by atoms with Gasteiger partial charge in [-0.1, -0.05) is 36.1 Å². The molecular formula is C19H14N2O6S2. The number of benzene rings is 2. The number of thioether (sulfide) groups is 1. The van der Waals surface area contributed by atoms with Crippen LogP contribution in [0.5, 0.6) is 11.5 Å². The number of thiocarbonyl (C=S) groups is 1. The lowest BCUT2D eigenvalue weighted by Gasteiger charge is -2.11. The number of nitrogens with zero attached hydrogens (tertiary/aromatic N) is 1. The smallest absolute Gasteiger partial charge is 0.343 e. The maximum Gasteiger partial charge on any atom is 0.343 e. The Hall–Kier alpha value is -3.24. The molecule has 0 unspecified atom stereocenters. The van der Waals surface area contributed by atoms with Crippen molar-refractivity contribution in [3.8, 4) is 11.5 Å². The fraction of sp³-hybridized carbons (Fsp3) is 0.105. The maximum absolute atomic E-state index is 12.4. The van der Waals surface area contributed by atoms with Crippen LogP contribution in [0.15, 0.2) is 47.4 Å². The average molecular weight is 430 g/mol. The van der Waals surface area contributed by atoms with E-state index in [0.29, 0.717) is 27.1 Å². The lowest BCUT2D eigenvalue weighted by Crippen LogP contribution is -2.17. The highest BCUT2D eigenvalue weighted by Crippen LogP contribution is 2.32. The van der Waals surface area contributed by atoms with Crippen LogP contribution in [0.25, 0.3) is 6.08 Å². The van der Waals surface area contributed by atoms with Crippen molar-refractivity contribution < 1.29 is 24.0 Å². The minimum absolute atomic E-state index is 0.0420. The molecule has 1 N–H and O–H groups in total. The molecule has 29 heavy (non-hydrogen) atoms. The Balaban J connectivity index is 1.85. The zero-order chi connectivity index (χ0) is 21.0. The molecule has 0 aliphatic carbocycles. The van der Waals surface area contributed by atoms with Crippen LogP contribution in [-0.2, 0) is 4.79 Å². The number of nitrogens with one attached hydrogen (secondary N) is 1. The molecule has 3 rings (SSSR count). The zero-order valence-electron chi connectivity index (χ0n) is 15.0. The molecule has 0 radical (unpaired) electrons. The number of non-ortho nitro benzene ring substituents is 1.